The number of hydrogen-bond acceptors (Lipinski definition) is 4. The smallest absolute Gasteiger partial charge is 0.137 e. The first-order valence-electron chi connectivity index (χ1n) is 22.7. The molecule has 2 aliphatic heterocycles. The van der Waals surface area contributed by atoms with Crippen molar-refractivity contribution in [2.24, 2.45) is 0 Å². The van der Waals surface area contributed by atoms with Gasteiger partial charge in [-0.2, -0.15) is 0 Å². The monoisotopic (exact) mass is 845 g/mol. The molecule has 13 rings (SSSR count). The van der Waals surface area contributed by atoms with Gasteiger partial charge in [0, 0.05) is 80.9 Å². The Morgan fingerprint density at radius 3 is 1.20 bits per heavy atom. The first-order chi connectivity index (χ1) is 32.7. The quantitative estimate of drug-likeness (QED) is 0.159. The van der Waals surface area contributed by atoms with Crippen LogP contribution in [0, 0.1) is 0 Å². The van der Waals surface area contributed by atoms with Crippen molar-refractivity contribution in [3.63, 3.8) is 0 Å². The van der Waals surface area contributed by atoms with E-state index in [2.05, 4.69) is 239 Å². The molecule has 0 N–H and O–H groups in total. The molecule has 0 radical (unpaired) electrons. The van der Waals surface area contributed by atoms with Gasteiger partial charge in [-0.15, -0.1) is 0 Å². The minimum atomic E-state index is 0.863. The lowest BCUT2D eigenvalue weighted by Crippen LogP contribution is -2.18. The molecule has 4 nitrogen and oxygen atoms in total. The standard InChI is InChI=1S/C62H43N3O/c1-6-22-57-46(13-1)37-47-14-2-7-23-58(47)64(57)52-19-11-17-44(39-52)42-27-31-50(32-28-42)63(54-35-36-56-55-21-5-10-26-61(55)66-62(56)41-54)51-33-29-43(30-34-51)45-18-12-20-53(40-45)65-59-24-8-3-15-48(59)38-49-16-4-9-25-60(49)65/h1-36,39-41H,37-38H2. The molecule has 0 saturated carbocycles. The molecule has 0 aliphatic carbocycles. The molecular weight excluding hydrogens is 803 g/mol. The summed E-state index contributed by atoms with van der Waals surface area (Å²) in [5.74, 6) is 0. The number of benzene rings is 10. The Labute approximate surface area is 384 Å². The Balaban J connectivity index is 0.866. The molecule has 4 heteroatoms. The maximum absolute atomic E-state index is 6.44. The number of para-hydroxylation sites is 5. The van der Waals surface area contributed by atoms with Gasteiger partial charge in [-0.1, -0.05) is 140 Å². The number of rotatable bonds is 7. The van der Waals surface area contributed by atoms with Crippen LogP contribution in [0.15, 0.2) is 241 Å². The molecule has 11 aromatic rings. The molecule has 2 aliphatic rings. The number of anilines is 9. The molecule has 0 amide bonds. The number of nitrogens with zero attached hydrogens (tertiary/aromatic N) is 3. The van der Waals surface area contributed by atoms with Gasteiger partial charge in [0.05, 0.1) is 0 Å². The largest absolute Gasteiger partial charge is 0.456 e. The van der Waals surface area contributed by atoms with E-state index in [1.165, 1.54) is 45.0 Å². The van der Waals surface area contributed by atoms with E-state index in [1.54, 1.807) is 0 Å². The van der Waals surface area contributed by atoms with Crippen molar-refractivity contribution in [1.82, 2.24) is 0 Å². The lowest BCUT2D eigenvalue weighted by Gasteiger charge is -2.33. The highest BCUT2D eigenvalue weighted by Crippen LogP contribution is 2.47. The van der Waals surface area contributed by atoms with Gasteiger partial charge in [0.25, 0.3) is 0 Å². The summed E-state index contributed by atoms with van der Waals surface area (Å²) >= 11 is 0. The third-order valence-corrected chi connectivity index (χ3v) is 13.4. The molecule has 66 heavy (non-hydrogen) atoms. The zero-order valence-electron chi connectivity index (χ0n) is 36.2. The minimum absolute atomic E-state index is 0.863. The molecule has 0 atom stereocenters. The summed E-state index contributed by atoms with van der Waals surface area (Å²) in [6.07, 6.45) is 1.87. The Morgan fingerprint density at radius 1 is 0.303 bits per heavy atom. The summed E-state index contributed by atoms with van der Waals surface area (Å²) in [4.78, 5) is 7.15. The molecule has 1 aromatic heterocycles. The van der Waals surface area contributed by atoms with Crippen molar-refractivity contribution in [1.29, 1.82) is 0 Å². The molecular formula is C62H43N3O. The predicted octanol–water partition coefficient (Wildman–Crippen LogP) is 17.1. The first-order valence-corrected chi connectivity index (χ1v) is 22.7. The minimum Gasteiger partial charge on any atom is -0.456 e. The molecule has 10 aromatic carbocycles. The fourth-order valence-corrected chi connectivity index (χ4v) is 10.3. The van der Waals surface area contributed by atoms with E-state index < -0.39 is 0 Å². The highest BCUT2D eigenvalue weighted by atomic mass is 16.3. The van der Waals surface area contributed by atoms with Crippen molar-refractivity contribution in [3.8, 4) is 22.3 Å². The topological polar surface area (TPSA) is 22.9 Å². The predicted molar refractivity (Wildman–Crippen MR) is 274 cm³/mol. The van der Waals surface area contributed by atoms with Gasteiger partial charge in [-0.3, -0.25) is 0 Å². The van der Waals surface area contributed by atoms with Gasteiger partial charge in [-0.25, -0.2) is 0 Å². The maximum atomic E-state index is 6.44. The molecule has 0 unspecified atom stereocenters. The van der Waals surface area contributed by atoms with Crippen LogP contribution < -0.4 is 14.7 Å². The van der Waals surface area contributed by atoms with E-state index in [4.69, 9.17) is 4.42 Å². The van der Waals surface area contributed by atoms with E-state index in [1.807, 2.05) is 12.1 Å². The van der Waals surface area contributed by atoms with Crippen LogP contribution >= 0.6 is 0 Å². The highest BCUT2D eigenvalue weighted by Gasteiger charge is 2.26. The van der Waals surface area contributed by atoms with Crippen LogP contribution in [0.25, 0.3) is 44.2 Å². The van der Waals surface area contributed by atoms with E-state index in [-0.39, 0.29) is 0 Å². The van der Waals surface area contributed by atoms with Crippen LogP contribution in [0.3, 0.4) is 0 Å². The lowest BCUT2D eigenvalue weighted by atomic mass is 9.94. The van der Waals surface area contributed by atoms with Crippen molar-refractivity contribution in [2.45, 2.75) is 12.8 Å². The Kier molecular flexibility index (Phi) is 8.95. The summed E-state index contributed by atoms with van der Waals surface area (Å²) in [5, 5.41) is 2.23. The van der Waals surface area contributed by atoms with E-state index in [0.29, 0.717) is 0 Å². The van der Waals surface area contributed by atoms with Crippen molar-refractivity contribution < 1.29 is 4.42 Å². The van der Waals surface area contributed by atoms with Gasteiger partial charge < -0.3 is 19.1 Å². The summed E-state index contributed by atoms with van der Waals surface area (Å²) in [6.45, 7) is 0. The van der Waals surface area contributed by atoms with Crippen molar-refractivity contribution in [3.05, 3.63) is 259 Å². The third-order valence-electron chi connectivity index (χ3n) is 13.4. The van der Waals surface area contributed by atoms with Crippen LogP contribution in [0.4, 0.5) is 51.2 Å². The summed E-state index contributed by atoms with van der Waals surface area (Å²) in [6, 6.07) is 85.7. The Bertz CT molecular complexity index is 3350. The number of furan rings is 1. The summed E-state index contributed by atoms with van der Waals surface area (Å²) < 4.78 is 6.44. The molecule has 0 spiro atoms. The molecule has 0 bridgehead atoms. The van der Waals surface area contributed by atoms with E-state index in [0.717, 1.165) is 85.5 Å². The fraction of sp³-hybridized carbons (Fsp3) is 0.0323. The van der Waals surface area contributed by atoms with Gasteiger partial charge >= 0.3 is 0 Å². The van der Waals surface area contributed by atoms with E-state index >= 15 is 0 Å². The zero-order chi connectivity index (χ0) is 43.6. The fourth-order valence-electron chi connectivity index (χ4n) is 10.3. The second-order valence-electron chi connectivity index (χ2n) is 17.3. The highest BCUT2D eigenvalue weighted by molar-refractivity contribution is 6.06. The average molecular weight is 846 g/mol. The van der Waals surface area contributed by atoms with Crippen molar-refractivity contribution in [2.75, 3.05) is 14.7 Å². The van der Waals surface area contributed by atoms with Crippen LogP contribution in [0.5, 0.6) is 0 Å². The molecule has 0 fully saturated rings. The second kappa shape index (κ2) is 15.6. The van der Waals surface area contributed by atoms with Gasteiger partial charge in [0.15, 0.2) is 0 Å². The van der Waals surface area contributed by atoms with Gasteiger partial charge in [-0.05, 0) is 136 Å². The zero-order valence-corrected chi connectivity index (χ0v) is 36.2. The average Bonchev–Trinajstić information content (AvgIpc) is 3.76. The van der Waals surface area contributed by atoms with E-state index in [9.17, 15) is 0 Å². The molecule has 0 saturated heterocycles. The number of hydrogen-bond donors (Lipinski definition) is 0. The van der Waals surface area contributed by atoms with Crippen LogP contribution in [-0.4, -0.2) is 0 Å². The normalized spacial score (nSPS) is 12.7. The van der Waals surface area contributed by atoms with Gasteiger partial charge in [0.1, 0.15) is 11.2 Å². The Hall–Kier alpha value is -8.60. The maximum Gasteiger partial charge on any atom is 0.137 e. The Morgan fingerprint density at radius 2 is 0.712 bits per heavy atom. The van der Waals surface area contributed by atoms with Crippen LogP contribution in [-0.2, 0) is 12.8 Å². The second-order valence-corrected chi connectivity index (χ2v) is 17.3. The van der Waals surface area contributed by atoms with Crippen LogP contribution in [0.1, 0.15) is 22.3 Å². The summed E-state index contributed by atoms with van der Waals surface area (Å²) in [7, 11) is 0. The van der Waals surface area contributed by atoms with Gasteiger partial charge in [0.2, 0.25) is 0 Å². The summed E-state index contributed by atoms with van der Waals surface area (Å²) in [5.41, 5.74) is 22.1. The van der Waals surface area contributed by atoms with Crippen LogP contribution in [0.2, 0.25) is 0 Å². The SMILES string of the molecule is c1cc(-c2ccc(N(c3ccc(-c4cccc(N5c6ccccc6Cc6ccccc65)c4)cc3)c3ccc4c(c3)oc3ccccc34)cc2)cc(N2c3ccccc3Cc3ccccc32)c1. The molecule has 312 valence electrons. The third kappa shape index (κ3) is 6.45. The first kappa shape index (κ1) is 37.9. The molecule has 3 heterocycles. The number of fused-ring (bicyclic) bond motifs is 7. The van der Waals surface area contributed by atoms with Crippen molar-refractivity contribution >= 4 is 73.1 Å². The lowest BCUT2D eigenvalue weighted by molar-refractivity contribution is 0.669.